The fourth-order valence-corrected chi connectivity index (χ4v) is 4.40. The number of benzene rings is 3. The van der Waals surface area contributed by atoms with Crippen molar-refractivity contribution in [1.82, 2.24) is 5.32 Å². The third-order valence-electron chi connectivity index (χ3n) is 6.84. The van der Waals surface area contributed by atoms with Crippen LogP contribution in [0, 0.1) is 11.6 Å². The number of esters is 1. The van der Waals surface area contributed by atoms with Gasteiger partial charge in [-0.2, -0.15) is 0 Å². The molecule has 0 aliphatic carbocycles. The molecule has 1 unspecified atom stereocenters. The molecule has 1 N–H and O–H groups in total. The molecule has 0 spiro atoms. The summed E-state index contributed by atoms with van der Waals surface area (Å²) in [4.78, 5) is 25.0. The highest BCUT2D eigenvalue weighted by molar-refractivity contribution is 5.91. The van der Waals surface area contributed by atoms with Gasteiger partial charge in [-0.1, -0.05) is 56.0 Å². The summed E-state index contributed by atoms with van der Waals surface area (Å²) in [7, 11) is 6.18. The highest BCUT2D eigenvalue weighted by Crippen LogP contribution is 2.20. The van der Waals surface area contributed by atoms with E-state index in [1.54, 1.807) is 24.3 Å². The zero-order chi connectivity index (χ0) is 29.7. The third kappa shape index (κ3) is 12.1. The summed E-state index contributed by atoms with van der Waals surface area (Å²) < 4.78 is 37.9. The molecule has 0 radical (unpaired) electrons. The van der Waals surface area contributed by atoms with Gasteiger partial charge in [0.25, 0.3) is 5.91 Å². The summed E-state index contributed by atoms with van der Waals surface area (Å²) in [6.07, 6.45) is 6.94. The largest absolute Gasteiger partial charge is 1.00 e. The molecule has 3 aromatic rings. The average molecular weight is 695 g/mol. The number of carbonyl (C=O) groups excluding carboxylic acids is 2. The number of nitrogens with one attached hydrogen (secondary N) is 1. The van der Waals surface area contributed by atoms with Crippen LogP contribution in [-0.4, -0.2) is 56.7 Å². The Balaban J connectivity index is 0.00000616. The molecule has 0 aromatic heterocycles. The molecule has 1 amide bonds. The number of quaternary nitrogens is 1. The Hall–Kier alpha value is -3.05. The van der Waals surface area contributed by atoms with Gasteiger partial charge in [-0.25, -0.2) is 13.6 Å². The maximum atomic E-state index is 13.3. The van der Waals surface area contributed by atoms with E-state index in [2.05, 4.69) is 38.6 Å². The van der Waals surface area contributed by atoms with E-state index in [0.29, 0.717) is 23.4 Å². The SMILES string of the molecule is C[N+](C)(C)C(Cc1ccccc1)C(=O)NCCCCCCCCOc1ccc(OC(=O)c2ccc(F)c(F)c2)cc1.[I-]. The van der Waals surface area contributed by atoms with E-state index in [-0.39, 0.29) is 47.2 Å². The van der Waals surface area contributed by atoms with E-state index in [0.717, 1.165) is 57.1 Å². The standard InChI is InChI=1S/C33H40F2N2O4.HI/c1-37(2,3)31(23-25-13-9-8-10-14-25)32(38)36-21-11-6-4-5-7-12-22-40-27-16-18-28(19-17-27)41-33(39)26-15-20-29(34)30(35)24-26;/h8-10,13-20,24,31H,4-7,11-12,21-23H2,1-3H3;1H. The van der Waals surface area contributed by atoms with E-state index < -0.39 is 17.6 Å². The lowest BCUT2D eigenvalue weighted by Crippen LogP contribution is -3.00. The Kier molecular flexibility index (Phi) is 14.9. The molecular weight excluding hydrogens is 653 g/mol. The molecule has 3 aromatic carbocycles. The Morgan fingerprint density at radius 2 is 1.40 bits per heavy atom. The molecule has 3 rings (SSSR count). The topological polar surface area (TPSA) is 64.6 Å². The van der Waals surface area contributed by atoms with Crippen LogP contribution in [0.5, 0.6) is 11.5 Å². The number of carbonyl (C=O) groups is 2. The number of rotatable bonds is 16. The molecule has 228 valence electrons. The van der Waals surface area contributed by atoms with Crippen molar-refractivity contribution < 1.29 is 56.3 Å². The van der Waals surface area contributed by atoms with E-state index in [1.807, 2.05) is 18.2 Å². The first-order chi connectivity index (χ1) is 19.6. The predicted octanol–water partition coefficient (Wildman–Crippen LogP) is 3.34. The van der Waals surface area contributed by atoms with Crippen LogP contribution < -0.4 is 38.8 Å². The fourth-order valence-electron chi connectivity index (χ4n) is 4.40. The van der Waals surface area contributed by atoms with Gasteiger partial charge in [0.05, 0.1) is 33.3 Å². The molecule has 0 heterocycles. The number of unbranched alkanes of at least 4 members (excludes halogenated alkanes) is 5. The molecule has 0 bridgehead atoms. The van der Waals surface area contributed by atoms with Crippen LogP contribution in [-0.2, 0) is 11.2 Å². The van der Waals surface area contributed by atoms with Gasteiger partial charge in [0, 0.05) is 13.0 Å². The van der Waals surface area contributed by atoms with Crippen molar-refractivity contribution in [2.75, 3.05) is 34.3 Å². The highest BCUT2D eigenvalue weighted by atomic mass is 127. The lowest BCUT2D eigenvalue weighted by molar-refractivity contribution is -0.886. The number of ether oxygens (including phenoxy) is 2. The van der Waals surface area contributed by atoms with E-state index in [4.69, 9.17) is 9.47 Å². The zero-order valence-electron chi connectivity index (χ0n) is 24.6. The van der Waals surface area contributed by atoms with Crippen molar-refractivity contribution in [3.05, 3.63) is 95.6 Å². The summed E-state index contributed by atoms with van der Waals surface area (Å²) >= 11 is 0. The second-order valence-electron chi connectivity index (χ2n) is 11.1. The minimum atomic E-state index is -1.10. The summed E-state index contributed by atoms with van der Waals surface area (Å²) in [6.45, 7) is 1.28. The Morgan fingerprint density at radius 3 is 2.05 bits per heavy atom. The quantitative estimate of drug-likeness (QED) is 0.0823. The highest BCUT2D eigenvalue weighted by Gasteiger charge is 2.31. The molecule has 42 heavy (non-hydrogen) atoms. The molecule has 1 atom stereocenters. The molecule has 6 nitrogen and oxygen atoms in total. The van der Waals surface area contributed by atoms with Crippen LogP contribution in [0.15, 0.2) is 72.8 Å². The van der Waals surface area contributed by atoms with Gasteiger partial charge in [-0.05, 0) is 60.9 Å². The number of nitrogens with zero attached hydrogens (tertiary/aromatic N) is 1. The van der Waals surface area contributed by atoms with Gasteiger partial charge in [0.2, 0.25) is 0 Å². The molecule has 9 heteroatoms. The molecule has 0 saturated carbocycles. The first kappa shape index (κ1) is 35.1. The van der Waals surface area contributed by atoms with Crippen molar-refractivity contribution in [1.29, 1.82) is 0 Å². The fraction of sp³-hybridized carbons (Fsp3) is 0.394. The van der Waals surface area contributed by atoms with Crippen LogP contribution >= 0.6 is 0 Å². The number of hydrogen-bond donors (Lipinski definition) is 1. The summed E-state index contributed by atoms with van der Waals surface area (Å²) in [6, 6.07) is 19.5. The molecular formula is C33H41F2IN2O4. The number of amides is 1. The number of hydrogen-bond acceptors (Lipinski definition) is 4. The first-order valence-electron chi connectivity index (χ1n) is 14.2. The molecule has 0 saturated heterocycles. The monoisotopic (exact) mass is 694 g/mol. The van der Waals surface area contributed by atoms with Crippen LogP contribution in [0.1, 0.15) is 54.4 Å². The maximum absolute atomic E-state index is 13.3. The van der Waals surface area contributed by atoms with Crippen LogP contribution in [0.4, 0.5) is 8.78 Å². The van der Waals surface area contributed by atoms with Crippen LogP contribution in [0.25, 0.3) is 0 Å². The van der Waals surface area contributed by atoms with E-state index in [9.17, 15) is 18.4 Å². The van der Waals surface area contributed by atoms with Gasteiger partial charge >= 0.3 is 5.97 Å². The summed E-state index contributed by atoms with van der Waals surface area (Å²) in [5, 5.41) is 3.13. The van der Waals surface area contributed by atoms with Gasteiger partial charge < -0.3 is 43.3 Å². The van der Waals surface area contributed by atoms with Crippen molar-refractivity contribution in [3.8, 4) is 11.5 Å². The van der Waals surface area contributed by atoms with Crippen molar-refractivity contribution in [2.45, 2.75) is 51.0 Å². The van der Waals surface area contributed by atoms with Crippen LogP contribution in [0.3, 0.4) is 0 Å². The normalized spacial score (nSPS) is 11.7. The maximum Gasteiger partial charge on any atom is 0.343 e. The average Bonchev–Trinajstić information content (AvgIpc) is 2.94. The van der Waals surface area contributed by atoms with Crippen molar-refractivity contribution in [3.63, 3.8) is 0 Å². The minimum absolute atomic E-state index is 0. The van der Waals surface area contributed by atoms with Gasteiger partial charge in [0.15, 0.2) is 17.7 Å². The van der Waals surface area contributed by atoms with Gasteiger partial charge in [0.1, 0.15) is 11.5 Å². The Labute approximate surface area is 265 Å². The summed E-state index contributed by atoms with van der Waals surface area (Å²) in [5.74, 6) is -1.84. The second kappa shape index (κ2) is 17.8. The summed E-state index contributed by atoms with van der Waals surface area (Å²) in [5.41, 5.74) is 1.10. The van der Waals surface area contributed by atoms with E-state index in [1.165, 1.54) is 11.6 Å². The number of halogens is 3. The van der Waals surface area contributed by atoms with E-state index >= 15 is 0 Å². The van der Waals surface area contributed by atoms with Gasteiger partial charge in [-0.3, -0.25) is 4.79 Å². The van der Waals surface area contributed by atoms with Crippen molar-refractivity contribution in [2.24, 2.45) is 0 Å². The minimum Gasteiger partial charge on any atom is -1.00 e. The lowest BCUT2D eigenvalue weighted by atomic mass is 10.0. The predicted molar refractivity (Wildman–Crippen MR) is 156 cm³/mol. The van der Waals surface area contributed by atoms with Crippen molar-refractivity contribution >= 4 is 11.9 Å². The lowest BCUT2D eigenvalue weighted by Gasteiger charge is -2.33. The first-order valence-corrected chi connectivity index (χ1v) is 14.2. The smallest absolute Gasteiger partial charge is 0.343 e. The third-order valence-corrected chi connectivity index (χ3v) is 6.84. The Morgan fingerprint density at radius 1 is 0.786 bits per heavy atom. The second-order valence-corrected chi connectivity index (χ2v) is 11.1. The van der Waals surface area contributed by atoms with Gasteiger partial charge in [-0.15, -0.1) is 0 Å². The zero-order valence-corrected chi connectivity index (χ0v) is 26.7. The Bertz CT molecular complexity index is 1250. The van der Waals surface area contributed by atoms with Crippen LogP contribution in [0.2, 0.25) is 0 Å². The number of likely N-dealkylation sites (N-methyl/N-ethyl adjacent to an activating group) is 1. The molecule has 0 fully saturated rings. The molecule has 0 aliphatic rings. The molecule has 0 aliphatic heterocycles.